The molecule has 15 heteroatoms. The highest BCUT2D eigenvalue weighted by Gasteiger charge is 2.34. The van der Waals surface area contributed by atoms with Gasteiger partial charge in [-0.05, 0) is 42.8 Å². The van der Waals surface area contributed by atoms with E-state index < -0.39 is 23.3 Å². The Morgan fingerprint density at radius 2 is 0.765 bits per heavy atom. The Morgan fingerprint density at radius 3 is 1.02 bits per heavy atom. The second-order valence-electron chi connectivity index (χ2n) is 11.0. The third-order valence-electron chi connectivity index (χ3n) is 7.05. The van der Waals surface area contributed by atoms with Crippen LogP contribution in [0.3, 0.4) is 0 Å². The lowest BCUT2D eigenvalue weighted by molar-refractivity contribution is -0.161. The summed E-state index contributed by atoms with van der Waals surface area (Å²) in [6.07, 6.45) is 0.141. The van der Waals surface area contributed by atoms with Crippen LogP contribution < -0.4 is 16.0 Å². The zero-order valence-electron chi connectivity index (χ0n) is 28.1. The van der Waals surface area contributed by atoms with Gasteiger partial charge in [-0.2, -0.15) is 0 Å². The van der Waals surface area contributed by atoms with Gasteiger partial charge in [0.05, 0.1) is 24.7 Å². The van der Waals surface area contributed by atoms with Crippen LogP contribution in [-0.4, -0.2) is 70.7 Å². The Morgan fingerprint density at radius 1 is 0.490 bits per heavy atom. The molecule has 3 aromatic rings. The molecular weight excluding hydrogens is 715 g/mol. The fourth-order valence-electron chi connectivity index (χ4n) is 4.06. The molecule has 3 aromatic carbocycles. The summed E-state index contributed by atoms with van der Waals surface area (Å²) in [7, 11) is 0. The Hall–Kier alpha value is -4.47. The molecular formula is C36H41N3O9S3. The SMILES string of the molecule is CCC(COC(=O)CCSC(=O)Nc1ccccc1)(COC(=O)CCSC(=O)Nc1ccccc1)COC(=O)CCSC(=O)Nc1ccccc1. The molecule has 3 amide bonds. The first kappa shape index (κ1) is 41.0. The van der Waals surface area contributed by atoms with Crippen molar-refractivity contribution in [2.24, 2.45) is 5.41 Å². The average molecular weight is 756 g/mol. The minimum atomic E-state index is -1.06. The zero-order chi connectivity index (χ0) is 36.7. The number of amides is 3. The first-order chi connectivity index (χ1) is 24.7. The quantitative estimate of drug-likeness (QED) is 0.0797. The largest absolute Gasteiger partial charge is 0.465 e. The van der Waals surface area contributed by atoms with E-state index in [0.29, 0.717) is 23.5 Å². The van der Waals surface area contributed by atoms with Crippen molar-refractivity contribution >= 4 is 86.0 Å². The standard InChI is InChI=1S/C36H41N3O9S3/c1-2-36(24-46-30(40)18-21-49-33(43)37-27-12-6-3-7-13-27,25-47-31(41)19-22-50-34(44)38-28-14-8-4-9-15-28)26-48-32(42)20-23-51-35(45)39-29-16-10-5-11-17-29/h3-17H,2,18-26H2,1H3,(H,37,43)(H,38,44)(H,39,45). The molecule has 272 valence electrons. The summed E-state index contributed by atoms with van der Waals surface area (Å²) >= 11 is 2.81. The Balaban J connectivity index is 1.47. The van der Waals surface area contributed by atoms with Crippen LogP contribution in [0.5, 0.6) is 0 Å². The van der Waals surface area contributed by atoms with Crippen LogP contribution in [0.1, 0.15) is 32.6 Å². The highest BCUT2D eigenvalue weighted by molar-refractivity contribution is 8.14. The number of hydrogen-bond acceptors (Lipinski definition) is 12. The molecule has 0 atom stereocenters. The minimum Gasteiger partial charge on any atom is -0.465 e. The second-order valence-corrected chi connectivity index (χ2v) is 14.2. The van der Waals surface area contributed by atoms with Crippen LogP contribution >= 0.6 is 35.3 Å². The summed E-state index contributed by atoms with van der Waals surface area (Å²) in [5.41, 5.74) is 0.849. The maximum atomic E-state index is 12.6. The predicted molar refractivity (Wildman–Crippen MR) is 203 cm³/mol. The van der Waals surface area contributed by atoms with Crippen molar-refractivity contribution in [2.75, 3.05) is 53.0 Å². The summed E-state index contributed by atoms with van der Waals surface area (Å²) in [5.74, 6) is -1.21. The minimum absolute atomic E-state index is 0.0587. The van der Waals surface area contributed by atoms with Crippen molar-refractivity contribution in [1.82, 2.24) is 0 Å². The molecule has 12 nitrogen and oxygen atoms in total. The number of hydrogen-bond donors (Lipinski definition) is 3. The van der Waals surface area contributed by atoms with Crippen molar-refractivity contribution in [1.29, 1.82) is 0 Å². The van der Waals surface area contributed by atoms with Crippen molar-refractivity contribution in [3.8, 4) is 0 Å². The zero-order valence-corrected chi connectivity index (χ0v) is 30.6. The predicted octanol–water partition coefficient (Wildman–Crippen LogP) is 8.08. The molecule has 0 aliphatic rings. The van der Waals surface area contributed by atoms with Gasteiger partial charge < -0.3 is 30.2 Å². The Kier molecular flexibility index (Phi) is 18.5. The van der Waals surface area contributed by atoms with E-state index in [2.05, 4.69) is 16.0 Å². The summed E-state index contributed by atoms with van der Waals surface area (Å²) in [6.45, 7) is 1.14. The van der Waals surface area contributed by atoms with Crippen LogP contribution in [0.4, 0.5) is 31.4 Å². The number of rotatable bonds is 19. The van der Waals surface area contributed by atoms with E-state index in [9.17, 15) is 28.8 Å². The van der Waals surface area contributed by atoms with E-state index in [1.54, 1.807) is 79.7 Å². The molecule has 0 saturated heterocycles. The number of para-hydroxylation sites is 3. The highest BCUT2D eigenvalue weighted by atomic mass is 32.2. The molecule has 3 N–H and O–H groups in total. The molecule has 0 unspecified atom stereocenters. The molecule has 0 radical (unpaired) electrons. The van der Waals surface area contributed by atoms with Crippen LogP contribution in [0.25, 0.3) is 0 Å². The number of nitrogens with one attached hydrogen (secondary N) is 3. The maximum absolute atomic E-state index is 12.6. The van der Waals surface area contributed by atoms with Gasteiger partial charge in [0.15, 0.2) is 0 Å². The maximum Gasteiger partial charge on any atom is 0.306 e. The molecule has 0 aromatic heterocycles. The molecule has 0 fully saturated rings. The summed E-state index contributed by atoms with van der Waals surface area (Å²) in [5, 5.41) is 7.23. The Bertz CT molecular complexity index is 1380. The number of ether oxygens (including phenoxy) is 3. The number of thioether (sulfide) groups is 3. The van der Waals surface area contributed by atoms with Gasteiger partial charge in [0.1, 0.15) is 19.8 Å². The molecule has 0 spiro atoms. The molecule has 0 saturated carbocycles. The van der Waals surface area contributed by atoms with Gasteiger partial charge in [-0.1, -0.05) is 96.8 Å². The monoisotopic (exact) mass is 755 g/mol. The Labute approximate surface area is 309 Å². The molecule has 0 bridgehead atoms. The third-order valence-corrected chi connectivity index (χ3v) is 9.36. The lowest BCUT2D eigenvalue weighted by Gasteiger charge is -2.31. The third kappa shape index (κ3) is 17.3. The summed E-state index contributed by atoms with van der Waals surface area (Å²) < 4.78 is 16.6. The average Bonchev–Trinajstić information content (AvgIpc) is 3.13. The van der Waals surface area contributed by atoms with Gasteiger partial charge in [0, 0.05) is 34.3 Å². The van der Waals surface area contributed by atoms with E-state index in [-0.39, 0.29) is 72.1 Å². The summed E-state index contributed by atoms with van der Waals surface area (Å²) in [4.78, 5) is 74.5. The normalized spacial score (nSPS) is 10.8. The van der Waals surface area contributed by atoms with Gasteiger partial charge in [-0.15, -0.1) is 0 Å². The van der Waals surface area contributed by atoms with Crippen LogP contribution in [0.15, 0.2) is 91.0 Å². The van der Waals surface area contributed by atoms with Crippen LogP contribution in [0, 0.1) is 5.41 Å². The fourth-order valence-corrected chi connectivity index (χ4v) is 5.99. The lowest BCUT2D eigenvalue weighted by Crippen LogP contribution is -2.39. The molecule has 0 aliphatic heterocycles. The van der Waals surface area contributed by atoms with Gasteiger partial charge in [0.2, 0.25) is 0 Å². The van der Waals surface area contributed by atoms with Crippen molar-refractivity contribution in [3.05, 3.63) is 91.0 Å². The number of carbonyl (C=O) groups is 6. The first-order valence-corrected chi connectivity index (χ1v) is 19.1. The van der Waals surface area contributed by atoms with E-state index >= 15 is 0 Å². The first-order valence-electron chi connectivity index (χ1n) is 16.1. The van der Waals surface area contributed by atoms with Gasteiger partial charge >= 0.3 is 17.9 Å². The van der Waals surface area contributed by atoms with E-state index in [1.807, 2.05) is 18.2 Å². The van der Waals surface area contributed by atoms with Crippen molar-refractivity contribution in [3.63, 3.8) is 0 Å². The molecule has 0 aliphatic carbocycles. The van der Waals surface area contributed by atoms with Gasteiger partial charge in [0.25, 0.3) is 15.7 Å². The van der Waals surface area contributed by atoms with Crippen LogP contribution in [-0.2, 0) is 28.6 Å². The number of carbonyl (C=O) groups excluding carboxylic acids is 6. The lowest BCUT2D eigenvalue weighted by atomic mass is 9.88. The van der Waals surface area contributed by atoms with E-state index in [4.69, 9.17) is 14.2 Å². The summed E-state index contributed by atoms with van der Waals surface area (Å²) in [6, 6.07) is 26.8. The molecule has 0 heterocycles. The number of anilines is 3. The van der Waals surface area contributed by atoms with Gasteiger partial charge in [-0.3, -0.25) is 28.8 Å². The molecule has 51 heavy (non-hydrogen) atoms. The smallest absolute Gasteiger partial charge is 0.306 e. The second kappa shape index (κ2) is 23.1. The number of esters is 3. The molecule has 3 rings (SSSR count). The van der Waals surface area contributed by atoms with E-state index in [0.717, 1.165) is 35.3 Å². The fraction of sp³-hybridized carbons (Fsp3) is 0.333. The van der Waals surface area contributed by atoms with Crippen molar-refractivity contribution < 1.29 is 43.0 Å². The highest BCUT2D eigenvalue weighted by Crippen LogP contribution is 2.26. The van der Waals surface area contributed by atoms with E-state index in [1.165, 1.54) is 0 Å². The van der Waals surface area contributed by atoms with Crippen LogP contribution in [0.2, 0.25) is 0 Å². The van der Waals surface area contributed by atoms with Crippen molar-refractivity contribution in [2.45, 2.75) is 32.6 Å². The van der Waals surface area contributed by atoms with Gasteiger partial charge in [-0.25, -0.2) is 0 Å². The number of benzene rings is 3. The topological polar surface area (TPSA) is 166 Å².